The molecule has 0 spiro atoms. The standard InChI is InChI=1S/C16H24N2O2S/c1-3-10-21(19,20)11-9-18-8-7-15-6-5-14(12-16(15)18)13-17-4-2/h5-8,12,17H,3-4,9-11,13H2,1-2H3. The summed E-state index contributed by atoms with van der Waals surface area (Å²) in [6.45, 7) is 6.28. The quantitative estimate of drug-likeness (QED) is 0.815. The maximum Gasteiger partial charge on any atom is 0.152 e. The number of aryl methyl sites for hydroxylation is 1. The van der Waals surface area contributed by atoms with Crippen LogP contribution in [-0.4, -0.2) is 31.0 Å². The molecule has 0 aliphatic carbocycles. The minimum atomic E-state index is -2.93. The Bertz CT molecular complexity index is 689. The fourth-order valence-electron chi connectivity index (χ4n) is 2.45. The van der Waals surface area contributed by atoms with Crippen molar-refractivity contribution in [2.24, 2.45) is 0 Å². The molecule has 116 valence electrons. The normalized spacial score (nSPS) is 12.1. The van der Waals surface area contributed by atoms with Crippen LogP contribution in [0.1, 0.15) is 25.8 Å². The fourth-order valence-corrected chi connectivity index (χ4v) is 3.76. The second-order valence-electron chi connectivity index (χ2n) is 5.33. The summed E-state index contributed by atoms with van der Waals surface area (Å²) in [4.78, 5) is 0. The van der Waals surface area contributed by atoms with E-state index in [1.54, 1.807) is 0 Å². The third-order valence-corrected chi connectivity index (χ3v) is 5.41. The molecule has 0 amide bonds. The van der Waals surface area contributed by atoms with Crippen molar-refractivity contribution in [2.45, 2.75) is 33.4 Å². The minimum absolute atomic E-state index is 0.210. The molecular formula is C16H24N2O2S. The van der Waals surface area contributed by atoms with Gasteiger partial charge in [0.1, 0.15) is 0 Å². The highest BCUT2D eigenvalue weighted by atomic mass is 32.2. The summed E-state index contributed by atoms with van der Waals surface area (Å²) in [6.07, 6.45) is 2.66. The first-order valence-electron chi connectivity index (χ1n) is 7.54. The van der Waals surface area contributed by atoms with Gasteiger partial charge < -0.3 is 9.88 Å². The fraction of sp³-hybridized carbons (Fsp3) is 0.500. The highest BCUT2D eigenvalue weighted by Crippen LogP contribution is 2.18. The third-order valence-electron chi connectivity index (χ3n) is 3.58. The Balaban J connectivity index is 2.16. The first kappa shape index (κ1) is 16.0. The number of hydrogen-bond acceptors (Lipinski definition) is 3. The van der Waals surface area contributed by atoms with Crippen LogP contribution in [0.5, 0.6) is 0 Å². The molecule has 1 N–H and O–H groups in total. The Kier molecular flexibility index (Phi) is 5.42. The maximum absolute atomic E-state index is 11.8. The van der Waals surface area contributed by atoms with E-state index in [9.17, 15) is 8.42 Å². The Hall–Kier alpha value is -1.33. The molecule has 2 aromatic rings. The van der Waals surface area contributed by atoms with Gasteiger partial charge in [0.25, 0.3) is 0 Å². The van der Waals surface area contributed by atoms with Gasteiger partial charge in [0.05, 0.1) is 5.75 Å². The van der Waals surface area contributed by atoms with Gasteiger partial charge in [-0.05, 0) is 36.0 Å². The smallest absolute Gasteiger partial charge is 0.152 e. The molecule has 1 aromatic carbocycles. The van der Waals surface area contributed by atoms with E-state index in [2.05, 4.69) is 30.4 Å². The van der Waals surface area contributed by atoms with E-state index in [0.29, 0.717) is 13.0 Å². The van der Waals surface area contributed by atoms with Crippen LogP contribution in [0, 0.1) is 0 Å². The lowest BCUT2D eigenvalue weighted by Gasteiger charge is -2.08. The summed E-state index contributed by atoms with van der Waals surface area (Å²) < 4.78 is 25.7. The molecule has 0 radical (unpaired) electrons. The first-order valence-corrected chi connectivity index (χ1v) is 9.37. The van der Waals surface area contributed by atoms with Crippen molar-refractivity contribution >= 4 is 20.7 Å². The number of nitrogens with zero attached hydrogens (tertiary/aromatic N) is 1. The second kappa shape index (κ2) is 7.09. The molecule has 21 heavy (non-hydrogen) atoms. The van der Waals surface area contributed by atoms with Crippen molar-refractivity contribution in [3.05, 3.63) is 36.0 Å². The second-order valence-corrected chi connectivity index (χ2v) is 7.64. The predicted molar refractivity (Wildman–Crippen MR) is 88.3 cm³/mol. The third kappa shape index (κ3) is 4.32. The van der Waals surface area contributed by atoms with Crippen LogP contribution in [0.4, 0.5) is 0 Å². The number of sulfone groups is 1. The summed E-state index contributed by atoms with van der Waals surface area (Å²) >= 11 is 0. The summed E-state index contributed by atoms with van der Waals surface area (Å²) in [7, 11) is -2.93. The Labute approximate surface area is 127 Å². The van der Waals surface area contributed by atoms with Crippen LogP contribution in [0.3, 0.4) is 0 Å². The van der Waals surface area contributed by atoms with Gasteiger partial charge in [-0.2, -0.15) is 0 Å². The topological polar surface area (TPSA) is 51.1 Å². The minimum Gasteiger partial charge on any atom is -0.346 e. The SMILES string of the molecule is CCCS(=O)(=O)CCn1ccc2ccc(CNCC)cc21. The van der Waals surface area contributed by atoms with Crippen LogP contribution in [0.2, 0.25) is 0 Å². The van der Waals surface area contributed by atoms with Crippen LogP contribution in [0.25, 0.3) is 10.9 Å². The number of aromatic nitrogens is 1. The molecule has 0 fully saturated rings. The summed E-state index contributed by atoms with van der Waals surface area (Å²) in [6, 6.07) is 8.39. The molecule has 0 atom stereocenters. The van der Waals surface area contributed by atoms with E-state index in [-0.39, 0.29) is 11.5 Å². The van der Waals surface area contributed by atoms with E-state index in [1.807, 2.05) is 23.8 Å². The van der Waals surface area contributed by atoms with Gasteiger partial charge in [0.15, 0.2) is 9.84 Å². The molecule has 5 heteroatoms. The van der Waals surface area contributed by atoms with E-state index >= 15 is 0 Å². The zero-order chi connectivity index (χ0) is 15.3. The Morgan fingerprint density at radius 2 is 1.95 bits per heavy atom. The van der Waals surface area contributed by atoms with Crippen molar-refractivity contribution < 1.29 is 8.42 Å². The largest absolute Gasteiger partial charge is 0.346 e. The molecule has 0 bridgehead atoms. The number of hydrogen-bond donors (Lipinski definition) is 1. The molecule has 1 aromatic heterocycles. The lowest BCUT2D eigenvalue weighted by Crippen LogP contribution is -2.15. The van der Waals surface area contributed by atoms with E-state index in [4.69, 9.17) is 0 Å². The highest BCUT2D eigenvalue weighted by molar-refractivity contribution is 7.91. The molecule has 0 aliphatic rings. The average Bonchev–Trinajstić information content (AvgIpc) is 2.85. The molecule has 4 nitrogen and oxygen atoms in total. The zero-order valence-corrected chi connectivity index (χ0v) is 13.6. The van der Waals surface area contributed by atoms with E-state index in [0.717, 1.165) is 24.0 Å². The zero-order valence-electron chi connectivity index (χ0n) is 12.8. The number of nitrogens with one attached hydrogen (secondary N) is 1. The van der Waals surface area contributed by atoms with Crippen molar-refractivity contribution in [1.29, 1.82) is 0 Å². The Morgan fingerprint density at radius 1 is 1.14 bits per heavy atom. The monoisotopic (exact) mass is 308 g/mol. The van der Waals surface area contributed by atoms with Crippen molar-refractivity contribution in [2.75, 3.05) is 18.1 Å². The molecule has 2 rings (SSSR count). The molecule has 0 aliphatic heterocycles. The molecule has 0 saturated heterocycles. The number of fused-ring (bicyclic) bond motifs is 1. The predicted octanol–water partition coefficient (Wildman–Crippen LogP) is 2.58. The van der Waals surface area contributed by atoms with E-state index in [1.165, 1.54) is 5.56 Å². The molecule has 0 unspecified atom stereocenters. The van der Waals surface area contributed by atoms with Crippen LogP contribution in [0.15, 0.2) is 30.5 Å². The van der Waals surface area contributed by atoms with Crippen LogP contribution in [-0.2, 0) is 22.9 Å². The molecule has 0 saturated carbocycles. The highest BCUT2D eigenvalue weighted by Gasteiger charge is 2.10. The van der Waals surface area contributed by atoms with Crippen molar-refractivity contribution in [3.63, 3.8) is 0 Å². The maximum atomic E-state index is 11.8. The lowest BCUT2D eigenvalue weighted by atomic mass is 10.1. The van der Waals surface area contributed by atoms with Crippen LogP contribution < -0.4 is 5.32 Å². The Morgan fingerprint density at radius 3 is 2.67 bits per heavy atom. The molecule has 1 heterocycles. The van der Waals surface area contributed by atoms with Crippen LogP contribution >= 0.6 is 0 Å². The first-order chi connectivity index (χ1) is 10.1. The van der Waals surface area contributed by atoms with Gasteiger partial charge in [0, 0.05) is 30.6 Å². The van der Waals surface area contributed by atoms with Gasteiger partial charge in [-0.25, -0.2) is 8.42 Å². The van der Waals surface area contributed by atoms with Gasteiger partial charge in [-0.1, -0.05) is 26.0 Å². The van der Waals surface area contributed by atoms with Gasteiger partial charge in [-0.3, -0.25) is 0 Å². The van der Waals surface area contributed by atoms with E-state index < -0.39 is 9.84 Å². The van der Waals surface area contributed by atoms with Gasteiger partial charge in [-0.15, -0.1) is 0 Å². The van der Waals surface area contributed by atoms with Crippen molar-refractivity contribution in [1.82, 2.24) is 9.88 Å². The lowest BCUT2D eigenvalue weighted by molar-refractivity contribution is 0.588. The van der Waals surface area contributed by atoms with Gasteiger partial charge >= 0.3 is 0 Å². The summed E-state index contributed by atoms with van der Waals surface area (Å²) in [5, 5.41) is 4.46. The summed E-state index contributed by atoms with van der Waals surface area (Å²) in [5.74, 6) is 0.486. The van der Waals surface area contributed by atoms with Crippen molar-refractivity contribution in [3.8, 4) is 0 Å². The summed E-state index contributed by atoms with van der Waals surface area (Å²) in [5.41, 5.74) is 2.33. The average molecular weight is 308 g/mol. The van der Waals surface area contributed by atoms with Gasteiger partial charge in [0.2, 0.25) is 0 Å². The number of rotatable bonds is 8. The number of benzene rings is 1. The molecular weight excluding hydrogens is 284 g/mol.